The van der Waals surface area contributed by atoms with Crippen molar-refractivity contribution in [3.8, 4) is 5.75 Å². The van der Waals surface area contributed by atoms with Crippen molar-refractivity contribution >= 4 is 23.2 Å². The molecule has 0 spiro atoms. The summed E-state index contributed by atoms with van der Waals surface area (Å²) in [5.74, 6) is -0.263. The van der Waals surface area contributed by atoms with E-state index in [9.17, 15) is 9.90 Å². The Morgan fingerprint density at radius 1 is 1.20 bits per heavy atom. The van der Waals surface area contributed by atoms with Gasteiger partial charge in [0, 0.05) is 11.8 Å². The van der Waals surface area contributed by atoms with Gasteiger partial charge in [0.25, 0.3) is 0 Å². The van der Waals surface area contributed by atoms with E-state index >= 15 is 0 Å². The first-order chi connectivity index (χ1) is 14.1. The number of benzene rings is 1. The second-order valence-electron chi connectivity index (χ2n) is 8.58. The van der Waals surface area contributed by atoms with Crippen LogP contribution >= 0.6 is 11.6 Å². The van der Waals surface area contributed by atoms with Crippen LogP contribution in [0.5, 0.6) is 5.75 Å². The summed E-state index contributed by atoms with van der Waals surface area (Å²) in [5.41, 5.74) is 5.70. The molecule has 0 saturated carbocycles. The first-order valence-electron chi connectivity index (χ1n) is 10.3. The number of carbonyl (C=O) groups is 1. The number of hydrogen-bond acceptors (Lipinski definition) is 2. The molecule has 0 fully saturated rings. The van der Waals surface area contributed by atoms with Crippen LogP contribution in [0.4, 0.5) is 5.69 Å². The quantitative estimate of drug-likeness (QED) is 0.281. The number of carbonyl (C=O) groups excluding carboxylic acids is 1. The number of aromatic hydroxyl groups is 1. The van der Waals surface area contributed by atoms with Crippen LogP contribution in [-0.2, 0) is 4.79 Å². The molecule has 1 aliphatic carbocycles. The number of amides is 1. The fourth-order valence-corrected chi connectivity index (χ4v) is 3.83. The SMILES string of the molecule is CC(C=CC1=C(C)CCCC1(C)C)=CC=CC(C)=CC(=O)Nc1ccc(O)c(Cl)c1. The van der Waals surface area contributed by atoms with E-state index in [1.807, 2.05) is 25.2 Å². The lowest BCUT2D eigenvalue weighted by Gasteiger charge is -2.32. The molecule has 2 rings (SSSR count). The van der Waals surface area contributed by atoms with E-state index in [1.54, 1.807) is 6.07 Å². The minimum atomic E-state index is -0.249. The smallest absolute Gasteiger partial charge is 0.248 e. The van der Waals surface area contributed by atoms with Crippen molar-refractivity contribution < 1.29 is 9.90 Å². The van der Waals surface area contributed by atoms with Gasteiger partial charge in [-0.2, -0.15) is 0 Å². The van der Waals surface area contributed by atoms with E-state index < -0.39 is 0 Å². The second-order valence-corrected chi connectivity index (χ2v) is 8.99. The highest BCUT2D eigenvalue weighted by Crippen LogP contribution is 2.40. The number of allylic oxidation sites excluding steroid dienone is 9. The van der Waals surface area contributed by atoms with E-state index in [0.29, 0.717) is 5.69 Å². The van der Waals surface area contributed by atoms with Crippen LogP contribution in [-0.4, -0.2) is 11.0 Å². The van der Waals surface area contributed by atoms with Gasteiger partial charge in [-0.15, -0.1) is 0 Å². The van der Waals surface area contributed by atoms with Gasteiger partial charge in [-0.25, -0.2) is 0 Å². The van der Waals surface area contributed by atoms with Gasteiger partial charge in [-0.05, 0) is 74.8 Å². The zero-order valence-electron chi connectivity index (χ0n) is 18.6. The molecule has 0 aromatic heterocycles. The number of hydrogen-bond donors (Lipinski definition) is 2. The fourth-order valence-electron chi connectivity index (χ4n) is 3.65. The van der Waals surface area contributed by atoms with Gasteiger partial charge in [-0.1, -0.05) is 67.0 Å². The molecule has 160 valence electrons. The lowest BCUT2D eigenvalue weighted by molar-refractivity contribution is -0.111. The molecule has 1 amide bonds. The molecule has 1 aromatic carbocycles. The van der Waals surface area contributed by atoms with Gasteiger partial charge < -0.3 is 10.4 Å². The molecule has 4 heteroatoms. The van der Waals surface area contributed by atoms with Gasteiger partial charge in [0.2, 0.25) is 5.91 Å². The third kappa shape index (κ3) is 7.07. The average Bonchev–Trinajstić information content (AvgIpc) is 2.63. The standard InChI is InChI=1S/C26H32ClNO2/c1-18(11-13-22-20(3)10-7-15-26(22,4)5)8-6-9-19(2)16-25(30)28-21-12-14-24(29)23(27)17-21/h6,8-9,11-14,16-17,29H,7,10,15H2,1-5H3,(H,28,30). The maximum Gasteiger partial charge on any atom is 0.248 e. The Morgan fingerprint density at radius 2 is 1.93 bits per heavy atom. The molecule has 0 atom stereocenters. The van der Waals surface area contributed by atoms with Crippen molar-refractivity contribution in [1.82, 2.24) is 0 Å². The topological polar surface area (TPSA) is 49.3 Å². The summed E-state index contributed by atoms with van der Waals surface area (Å²) in [6.07, 6.45) is 15.5. The molecule has 1 aromatic rings. The van der Waals surface area contributed by atoms with Crippen LogP contribution in [0, 0.1) is 5.41 Å². The molecule has 0 heterocycles. The molecule has 0 aliphatic heterocycles. The van der Waals surface area contributed by atoms with Crippen LogP contribution in [0.2, 0.25) is 5.02 Å². The van der Waals surface area contributed by atoms with Gasteiger partial charge in [0.15, 0.2) is 0 Å². The fraction of sp³-hybridized carbons (Fsp3) is 0.346. The maximum atomic E-state index is 12.1. The van der Waals surface area contributed by atoms with E-state index in [2.05, 4.69) is 45.2 Å². The van der Waals surface area contributed by atoms with Crippen molar-refractivity contribution in [1.29, 1.82) is 0 Å². The molecule has 0 radical (unpaired) electrons. The van der Waals surface area contributed by atoms with Crippen molar-refractivity contribution in [2.45, 2.75) is 53.9 Å². The number of anilines is 1. The summed E-state index contributed by atoms with van der Waals surface area (Å²) in [6, 6.07) is 4.56. The molecule has 0 saturated heterocycles. The van der Waals surface area contributed by atoms with Gasteiger partial charge in [0.1, 0.15) is 5.75 Å². The number of nitrogens with one attached hydrogen (secondary N) is 1. The van der Waals surface area contributed by atoms with Crippen LogP contribution in [0.25, 0.3) is 0 Å². The Bertz CT molecular complexity index is 946. The summed E-state index contributed by atoms with van der Waals surface area (Å²) < 4.78 is 0. The van der Waals surface area contributed by atoms with Gasteiger partial charge in [-0.3, -0.25) is 4.79 Å². The zero-order chi connectivity index (χ0) is 22.3. The van der Waals surface area contributed by atoms with E-state index in [4.69, 9.17) is 11.6 Å². The van der Waals surface area contributed by atoms with Crippen molar-refractivity contribution in [3.63, 3.8) is 0 Å². The van der Waals surface area contributed by atoms with E-state index in [1.165, 1.54) is 48.6 Å². The van der Waals surface area contributed by atoms with Crippen molar-refractivity contribution in [2.24, 2.45) is 5.41 Å². The van der Waals surface area contributed by atoms with Gasteiger partial charge in [0.05, 0.1) is 5.02 Å². The first kappa shape index (κ1) is 23.8. The Labute approximate surface area is 185 Å². The number of halogens is 1. The predicted octanol–water partition coefficient (Wildman–Crippen LogP) is 7.52. The van der Waals surface area contributed by atoms with Crippen LogP contribution in [0.1, 0.15) is 53.9 Å². The molecule has 1 aliphatic rings. The maximum absolute atomic E-state index is 12.1. The Kier molecular flexibility index (Phi) is 8.31. The lowest BCUT2D eigenvalue weighted by atomic mass is 9.72. The van der Waals surface area contributed by atoms with Gasteiger partial charge >= 0.3 is 0 Å². The number of phenolic OH excluding ortho intramolecular Hbond substituents is 1. The lowest BCUT2D eigenvalue weighted by Crippen LogP contribution is -2.19. The molecule has 0 bridgehead atoms. The highest BCUT2D eigenvalue weighted by molar-refractivity contribution is 6.32. The number of rotatable bonds is 6. The molecule has 0 unspecified atom stereocenters. The first-order valence-corrected chi connectivity index (χ1v) is 10.7. The predicted molar refractivity (Wildman–Crippen MR) is 128 cm³/mol. The third-order valence-corrected chi connectivity index (χ3v) is 5.65. The number of phenols is 1. The van der Waals surface area contributed by atoms with Crippen LogP contribution in [0.3, 0.4) is 0 Å². The average molecular weight is 426 g/mol. The minimum Gasteiger partial charge on any atom is -0.506 e. The minimum absolute atomic E-state index is 0.0148. The monoisotopic (exact) mass is 425 g/mol. The molecular weight excluding hydrogens is 394 g/mol. The zero-order valence-corrected chi connectivity index (χ0v) is 19.3. The molecule has 2 N–H and O–H groups in total. The van der Waals surface area contributed by atoms with Crippen molar-refractivity contribution in [3.05, 3.63) is 82.0 Å². The summed E-state index contributed by atoms with van der Waals surface area (Å²) >= 11 is 5.86. The third-order valence-electron chi connectivity index (χ3n) is 5.35. The Hall–Kier alpha value is -2.52. The Morgan fingerprint density at radius 3 is 2.60 bits per heavy atom. The normalized spacial score (nSPS) is 17.8. The van der Waals surface area contributed by atoms with E-state index in [-0.39, 0.29) is 22.1 Å². The van der Waals surface area contributed by atoms with Crippen LogP contribution < -0.4 is 5.32 Å². The summed E-state index contributed by atoms with van der Waals surface area (Å²) in [4.78, 5) is 12.1. The second kappa shape index (κ2) is 10.5. The largest absolute Gasteiger partial charge is 0.506 e. The summed E-state index contributed by atoms with van der Waals surface area (Å²) in [5, 5.41) is 12.4. The Balaban J connectivity index is 1.97. The van der Waals surface area contributed by atoms with Crippen molar-refractivity contribution in [2.75, 3.05) is 5.32 Å². The molecule has 3 nitrogen and oxygen atoms in total. The highest BCUT2D eigenvalue weighted by Gasteiger charge is 2.26. The summed E-state index contributed by atoms with van der Waals surface area (Å²) in [6.45, 7) is 10.8. The molecule has 30 heavy (non-hydrogen) atoms. The van der Waals surface area contributed by atoms with E-state index in [0.717, 1.165) is 11.1 Å². The molecular formula is C26H32ClNO2. The van der Waals surface area contributed by atoms with Crippen LogP contribution in [0.15, 0.2) is 76.9 Å². The summed E-state index contributed by atoms with van der Waals surface area (Å²) in [7, 11) is 0. The highest BCUT2D eigenvalue weighted by atomic mass is 35.5.